The van der Waals surface area contributed by atoms with Gasteiger partial charge in [0.2, 0.25) is 0 Å². The van der Waals surface area contributed by atoms with E-state index in [-0.39, 0.29) is 11.6 Å². The average molecular weight is 472 g/mol. The molecular formula is C25H30BrNO3. The van der Waals surface area contributed by atoms with Crippen molar-refractivity contribution in [2.24, 2.45) is 5.92 Å². The summed E-state index contributed by atoms with van der Waals surface area (Å²) in [5.74, 6) is 1.33. The molecule has 4 nitrogen and oxygen atoms in total. The largest absolute Gasteiger partial charge is 0.452 e. The van der Waals surface area contributed by atoms with Gasteiger partial charge in [0.15, 0.2) is 4.67 Å². The van der Waals surface area contributed by atoms with Crippen LogP contribution in [0.3, 0.4) is 0 Å². The van der Waals surface area contributed by atoms with Crippen LogP contribution in [-0.4, -0.2) is 29.9 Å². The van der Waals surface area contributed by atoms with Crippen LogP contribution in [0, 0.1) is 5.92 Å². The number of ether oxygens (including phenoxy) is 1. The Morgan fingerprint density at radius 1 is 1.13 bits per heavy atom. The monoisotopic (exact) mass is 471 g/mol. The van der Waals surface area contributed by atoms with Crippen LogP contribution in [0.1, 0.15) is 44.1 Å². The maximum absolute atomic E-state index is 10.5. The fourth-order valence-electron chi connectivity index (χ4n) is 3.92. The number of benzene rings is 2. The molecule has 0 radical (unpaired) electrons. The van der Waals surface area contributed by atoms with E-state index in [4.69, 9.17) is 9.15 Å². The number of nitrogens with one attached hydrogen (secondary N) is 1. The number of hydrogen-bond acceptors (Lipinski definition) is 4. The Morgan fingerprint density at radius 2 is 1.90 bits per heavy atom. The van der Waals surface area contributed by atoms with Crippen LogP contribution < -0.4 is 5.32 Å². The van der Waals surface area contributed by atoms with E-state index in [0.717, 1.165) is 25.0 Å². The maximum Gasteiger partial charge on any atom is 0.169 e. The molecule has 0 aliphatic heterocycles. The number of fused-ring (bicyclic) bond motifs is 1. The van der Waals surface area contributed by atoms with E-state index >= 15 is 0 Å². The zero-order valence-corrected chi connectivity index (χ0v) is 19.2. The lowest BCUT2D eigenvalue weighted by atomic mass is 9.93. The third kappa shape index (κ3) is 5.73. The summed E-state index contributed by atoms with van der Waals surface area (Å²) < 4.78 is 12.5. The Kier molecular flexibility index (Phi) is 6.63. The number of aliphatic hydroxyl groups excluding tert-OH is 1. The highest BCUT2D eigenvalue weighted by atomic mass is 79.9. The molecule has 1 aliphatic carbocycles. The molecule has 1 aliphatic rings. The van der Waals surface area contributed by atoms with E-state index in [1.165, 1.54) is 16.3 Å². The minimum atomic E-state index is -0.569. The van der Waals surface area contributed by atoms with Gasteiger partial charge < -0.3 is 19.6 Å². The van der Waals surface area contributed by atoms with Crippen LogP contribution in [-0.2, 0) is 11.2 Å². The highest BCUT2D eigenvalue weighted by molar-refractivity contribution is 9.10. The van der Waals surface area contributed by atoms with Crippen LogP contribution in [0.2, 0.25) is 0 Å². The van der Waals surface area contributed by atoms with Crippen molar-refractivity contribution in [1.82, 2.24) is 5.32 Å². The van der Waals surface area contributed by atoms with Crippen molar-refractivity contribution in [1.29, 1.82) is 0 Å². The van der Waals surface area contributed by atoms with Gasteiger partial charge in [-0.1, -0.05) is 42.5 Å². The molecule has 2 N–H and O–H groups in total. The van der Waals surface area contributed by atoms with Crippen molar-refractivity contribution in [2.75, 3.05) is 13.2 Å². The molecule has 4 rings (SSSR count). The predicted molar refractivity (Wildman–Crippen MR) is 124 cm³/mol. The first-order valence-electron chi connectivity index (χ1n) is 10.7. The lowest BCUT2D eigenvalue weighted by molar-refractivity contribution is -0.0300. The van der Waals surface area contributed by atoms with E-state index in [2.05, 4.69) is 77.6 Å². The van der Waals surface area contributed by atoms with Crippen molar-refractivity contribution in [3.63, 3.8) is 0 Å². The average Bonchev–Trinajstić information content (AvgIpc) is 3.47. The molecule has 1 fully saturated rings. The fraction of sp³-hybridized carbons (Fsp3) is 0.440. The summed E-state index contributed by atoms with van der Waals surface area (Å²) in [4.78, 5) is 0. The zero-order valence-electron chi connectivity index (χ0n) is 17.6. The van der Waals surface area contributed by atoms with Gasteiger partial charge in [-0.2, -0.15) is 0 Å². The standard InChI is InChI=1S/C25H30BrNO3/c1-25(2,14-17-7-8-18-5-3-4-6-20(18)13-17)27-15-21(28)16-29-24(19-9-10-19)22-11-12-23(26)30-22/h3-8,11-13,19,21,24,27-28H,9-10,14-16H2,1-2H3/t21-,24?/m1/s1. The minimum absolute atomic E-state index is 0.0726. The highest BCUT2D eigenvalue weighted by Gasteiger charge is 2.35. The van der Waals surface area contributed by atoms with Gasteiger partial charge in [0, 0.05) is 12.1 Å². The zero-order chi connectivity index (χ0) is 21.1. The summed E-state index contributed by atoms with van der Waals surface area (Å²) in [5, 5.41) is 16.5. The maximum atomic E-state index is 10.5. The second kappa shape index (κ2) is 9.23. The van der Waals surface area contributed by atoms with Gasteiger partial charge in [0.05, 0.1) is 12.7 Å². The lowest BCUT2D eigenvalue weighted by Crippen LogP contribution is -2.46. The molecule has 1 saturated carbocycles. The minimum Gasteiger partial charge on any atom is -0.452 e. The molecule has 1 unspecified atom stereocenters. The molecule has 5 heteroatoms. The number of rotatable bonds is 10. The van der Waals surface area contributed by atoms with Gasteiger partial charge in [-0.25, -0.2) is 0 Å². The van der Waals surface area contributed by atoms with E-state index < -0.39 is 6.10 Å². The molecule has 3 aromatic rings. The van der Waals surface area contributed by atoms with E-state index in [1.807, 2.05) is 12.1 Å². The molecular weight excluding hydrogens is 442 g/mol. The van der Waals surface area contributed by atoms with Gasteiger partial charge in [-0.3, -0.25) is 0 Å². The third-order valence-electron chi connectivity index (χ3n) is 5.67. The van der Waals surface area contributed by atoms with Crippen molar-refractivity contribution >= 4 is 26.7 Å². The normalized spacial score (nSPS) is 16.7. The smallest absolute Gasteiger partial charge is 0.169 e. The Balaban J connectivity index is 1.28. The summed E-state index contributed by atoms with van der Waals surface area (Å²) in [6.07, 6.45) is 2.54. The number of halogens is 1. The number of hydrogen-bond donors (Lipinski definition) is 2. The second-order valence-corrected chi connectivity index (χ2v) is 9.79. The molecule has 0 bridgehead atoms. The molecule has 30 heavy (non-hydrogen) atoms. The molecule has 1 heterocycles. The third-order valence-corrected chi connectivity index (χ3v) is 6.10. The first-order chi connectivity index (χ1) is 14.4. The SMILES string of the molecule is CC(C)(Cc1ccc2ccccc2c1)NC[C@@H](O)COC(c1ccc(Br)o1)C1CC1. The van der Waals surface area contributed by atoms with Crippen LogP contribution in [0.15, 0.2) is 63.7 Å². The Labute approximate surface area is 186 Å². The molecule has 0 spiro atoms. The first-order valence-corrected chi connectivity index (χ1v) is 11.5. The van der Waals surface area contributed by atoms with Crippen molar-refractivity contribution in [2.45, 2.75) is 50.9 Å². The van der Waals surface area contributed by atoms with Crippen molar-refractivity contribution < 1.29 is 14.3 Å². The summed E-state index contributed by atoms with van der Waals surface area (Å²) >= 11 is 3.36. The van der Waals surface area contributed by atoms with E-state index in [1.54, 1.807) is 0 Å². The molecule has 1 aromatic heterocycles. The van der Waals surface area contributed by atoms with Crippen molar-refractivity contribution in [3.05, 3.63) is 70.6 Å². The highest BCUT2D eigenvalue weighted by Crippen LogP contribution is 2.44. The Morgan fingerprint density at radius 3 is 2.60 bits per heavy atom. The van der Waals surface area contributed by atoms with Gasteiger partial charge in [-0.05, 0) is 83.4 Å². The quantitative estimate of drug-likeness (QED) is 0.401. The molecule has 2 aromatic carbocycles. The Bertz CT molecular complexity index is 979. The molecule has 2 atom stereocenters. The molecule has 0 amide bonds. The number of β-amino-alcohol motifs (C(OH)–C–C–N with tert-alkyl or cyclic N) is 1. The van der Waals surface area contributed by atoms with Crippen LogP contribution in [0.25, 0.3) is 10.8 Å². The summed E-state index contributed by atoms with van der Waals surface area (Å²) in [6, 6.07) is 18.9. The van der Waals surface area contributed by atoms with E-state index in [9.17, 15) is 5.11 Å². The predicted octanol–water partition coefficient (Wildman–Crippen LogP) is 5.63. The van der Waals surface area contributed by atoms with Gasteiger partial charge in [0.1, 0.15) is 11.9 Å². The molecule has 160 valence electrons. The summed E-state index contributed by atoms with van der Waals surface area (Å²) in [6.45, 7) is 5.12. The van der Waals surface area contributed by atoms with Crippen LogP contribution >= 0.6 is 15.9 Å². The van der Waals surface area contributed by atoms with Crippen molar-refractivity contribution in [3.8, 4) is 0 Å². The van der Waals surface area contributed by atoms with E-state index in [0.29, 0.717) is 23.7 Å². The van der Waals surface area contributed by atoms with Gasteiger partial charge in [-0.15, -0.1) is 0 Å². The summed E-state index contributed by atoms with van der Waals surface area (Å²) in [7, 11) is 0. The topological polar surface area (TPSA) is 54.6 Å². The van der Waals surface area contributed by atoms with Gasteiger partial charge in [0.25, 0.3) is 0 Å². The molecule has 0 saturated heterocycles. The van der Waals surface area contributed by atoms with Gasteiger partial charge >= 0.3 is 0 Å². The number of aliphatic hydroxyl groups is 1. The lowest BCUT2D eigenvalue weighted by Gasteiger charge is -2.28. The first kappa shape index (κ1) is 21.6. The van der Waals surface area contributed by atoms with Crippen LogP contribution in [0.4, 0.5) is 0 Å². The number of furan rings is 1. The fourth-order valence-corrected chi connectivity index (χ4v) is 4.24. The Hall–Kier alpha value is -1.66. The van der Waals surface area contributed by atoms with Crippen LogP contribution in [0.5, 0.6) is 0 Å². The summed E-state index contributed by atoms with van der Waals surface area (Å²) in [5.41, 5.74) is 1.15. The second-order valence-electron chi connectivity index (χ2n) is 9.01.